The first kappa shape index (κ1) is 31.9. The van der Waals surface area contributed by atoms with Gasteiger partial charge in [-0.3, -0.25) is 19.5 Å². The number of thiophene rings is 1. The van der Waals surface area contributed by atoms with E-state index in [-0.39, 0.29) is 28.8 Å². The van der Waals surface area contributed by atoms with Gasteiger partial charge in [-0.25, -0.2) is 19.0 Å². The lowest BCUT2D eigenvalue weighted by molar-refractivity contribution is -0.661. The number of carboxylic acids is 1. The van der Waals surface area contributed by atoms with Crippen LogP contribution >= 0.6 is 34.4 Å². The predicted molar refractivity (Wildman–Crippen MR) is 182 cm³/mol. The van der Waals surface area contributed by atoms with Crippen LogP contribution in [0.2, 0.25) is 0 Å². The van der Waals surface area contributed by atoms with Gasteiger partial charge in [-0.15, -0.1) is 39.0 Å². The number of aliphatic carboxylic acids is 1. The second kappa shape index (κ2) is 13.4. The average Bonchev–Trinajstić information content (AvgIpc) is 3.89. The third-order valence-corrected chi connectivity index (χ3v) is 11.3. The standard InChI is InChI=1S/C30H32N10O5S3/c1-45-35-23(21-17-48-30(31)33-21)26(41)34-24-27(42)40-25(29(43)44)19(16-47-28(24)40)13-38-8-5-22-36(9-10-39(22)38)14-20-11-18(15-46-20)12-32-37-6-3-2-4-7-37/h5,8-12,15,17,24,28H,2-4,6-7,13-14,16H2,1H3,(H3-,31,33,34,41,43,44)/p+1/b32-12?,35-23-/t24-,28-/m1/s1. The number of β-lactam (4-membered cyclic amide) rings is 1. The molecule has 7 heterocycles. The second-order valence-corrected chi connectivity index (χ2v) is 14.4. The summed E-state index contributed by atoms with van der Waals surface area (Å²) in [5.41, 5.74) is 8.36. The molecule has 2 fully saturated rings. The van der Waals surface area contributed by atoms with Crippen molar-refractivity contribution in [2.75, 3.05) is 31.7 Å². The molecule has 18 heteroatoms. The van der Waals surface area contributed by atoms with Crippen LogP contribution in [-0.2, 0) is 32.3 Å². The topological polar surface area (TPSA) is 176 Å². The number of carbonyl (C=O) groups excluding carboxylic acids is 2. The smallest absolute Gasteiger partial charge is 0.352 e. The third-order valence-electron chi connectivity index (χ3n) is 8.34. The number of piperidine rings is 1. The van der Waals surface area contributed by atoms with Crippen LogP contribution in [-0.4, -0.2) is 96.3 Å². The zero-order valence-corrected chi connectivity index (χ0v) is 28.3. The summed E-state index contributed by atoms with van der Waals surface area (Å²) < 4.78 is 6.03. The monoisotopic (exact) mass is 709 g/mol. The molecule has 0 bridgehead atoms. The van der Waals surface area contributed by atoms with E-state index in [4.69, 9.17) is 10.6 Å². The molecule has 4 aromatic rings. The second-order valence-electron chi connectivity index (χ2n) is 11.5. The van der Waals surface area contributed by atoms with Crippen LogP contribution in [0.4, 0.5) is 5.13 Å². The van der Waals surface area contributed by atoms with Gasteiger partial charge < -0.3 is 21.0 Å². The molecule has 3 aliphatic rings. The Bertz CT molecular complexity index is 1970. The molecule has 250 valence electrons. The van der Waals surface area contributed by atoms with E-state index in [1.165, 1.54) is 47.9 Å². The van der Waals surface area contributed by atoms with Gasteiger partial charge in [-0.05, 0) is 36.3 Å². The van der Waals surface area contributed by atoms with Gasteiger partial charge in [0.05, 0.1) is 25.0 Å². The van der Waals surface area contributed by atoms with Crippen molar-refractivity contribution in [1.82, 2.24) is 29.4 Å². The average molecular weight is 710 g/mol. The van der Waals surface area contributed by atoms with Gasteiger partial charge in [0.15, 0.2) is 17.0 Å². The minimum Gasteiger partial charge on any atom is -0.477 e. The number of amides is 2. The van der Waals surface area contributed by atoms with E-state index >= 15 is 0 Å². The van der Waals surface area contributed by atoms with Crippen molar-refractivity contribution >= 4 is 74.9 Å². The van der Waals surface area contributed by atoms with Crippen LogP contribution in [0.15, 0.2) is 63.0 Å². The summed E-state index contributed by atoms with van der Waals surface area (Å²) in [6, 6.07) is 3.21. The number of rotatable bonds is 11. The lowest BCUT2D eigenvalue weighted by Gasteiger charge is -2.49. The Balaban J connectivity index is 1.04. The van der Waals surface area contributed by atoms with Crippen molar-refractivity contribution in [1.29, 1.82) is 0 Å². The molecule has 2 saturated heterocycles. The molecular weight excluding hydrogens is 677 g/mol. The number of oxime groups is 1. The number of nitrogens with one attached hydrogen (secondary N) is 1. The number of aromatic nitrogens is 4. The number of thiazole rings is 1. The molecule has 0 radical (unpaired) electrons. The summed E-state index contributed by atoms with van der Waals surface area (Å²) in [6.45, 7) is 2.98. The Morgan fingerprint density at radius 2 is 2.06 bits per heavy atom. The van der Waals surface area contributed by atoms with E-state index in [1.807, 2.05) is 40.1 Å². The zero-order valence-electron chi connectivity index (χ0n) is 25.9. The van der Waals surface area contributed by atoms with E-state index in [9.17, 15) is 19.5 Å². The molecule has 2 atom stereocenters. The molecule has 0 aliphatic carbocycles. The SMILES string of the molecule is CO/N=C(\C(=O)N[C@@H]1C(=O)N2C(C(=O)O)=C(Cn3ccc4n3cc[n+]4Cc3cc(C=NN4CCCCC4)cs3)CS[C@H]12)c1csc(N)n1. The van der Waals surface area contributed by atoms with Crippen LogP contribution < -0.4 is 15.6 Å². The first-order valence-corrected chi connectivity index (χ1v) is 18.1. The maximum Gasteiger partial charge on any atom is 0.352 e. The highest BCUT2D eigenvalue weighted by molar-refractivity contribution is 8.00. The molecule has 0 saturated carbocycles. The van der Waals surface area contributed by atoms with E-state index in [0.717, 1.165) is 35.6 Å². The predicted octanol–water partition coefficient (Wildman–Crippen LogP) is 1.79. The van der Waals surface area contributed by atoms with Crippen LogP contribution in [0, 0.1) is 0 Å². The summed E-state index contributed by atoms with van der Waals surface area (Å²) in [5.74, 6) is -2.02. The van der Waals surface area contributed by atoms with E-state index in [1.54, 1.807) is 16.7 Å². The Labute approximate surface area is 286 Å². The number of carbonyl (C=O) groups is 3. The molecule has 48 heavy (non-hydrogen) atoms. The highest BCUT2D eigenvalue weighted by Gasteiger charge is 2.54. The maximum absolute atomic E-state index is 13.3. The molecular formula is C30H33N10O5S3+. The number of hydrazone groups is 1. The van der Waals surface area contributed by atoms with Gasteiger partial charge in [0.1, 0.15) is 42.7 Å². The summed E-state index contributed by atoms with van der Waals surface area (Å²) >= 11 is 4.22. The number of nitrogen functional groups attached to an aromatic ring is 1. The van der Waals surface area contributed by atoms with Crippen molar-refractivity contribution in [2.45, 2.75) is 43.8 Å². The van der Waals surface area contributed by atoms with Crippen molar-refractivity contribution in [2.24, 2.45) is 10.3 Å². The van der Waals surface area contributed by atoms with E-state index in [0.29, 0.717) is 17.9 Å². The summed E-state index contributed by atoms with van der Waals surface area (Å²) in [5, 5.41) is 26.8. The fraction of sp³-hybridized carbons (Fsp3) is 0.367. The highest BCUT2D eigenvalue weighted by atomic mass is 32.2. The Morgan fingerprint density at radius 3 is 2.81 bits per heavy atom. The maximum atomic E-state index is 13.3. The van der Waals surface area contributed by atoms with Crippen LogP contribution in [0.1, 0.15) is 35.4 Å². The Morgan fingerprint density at radius 1 is 1.23 bits per heavy atom. The fourth-order valence-electron chi connectivity index (χ4n) is 6.06. The first-order chi connectivity index (χ1) is 23.3. The number of hydrogen-bond donors (Lipinski definition) is 3. The highest BCUT2D eigenvalue weighted by Crippen LogP contribution is 2.40. The Hall–Kier alpha value is -4.68. The number of carboxylic acid groups (broad SMARTS) is 1. The summed E-state index contributed by atoms with van der Waals surface area (Å²) in [4.78, 5) is 50.2. The Kier molecular flexibility index (Phi) is 8.93. The number of anilines is 1. The largest absolute Gasteiger partial charge is 0.477 e. The molecule has 4 aromatic heterocycles. The van der Waals surface area contributed by atoms with Gasteiger partial charge in [0, 0.05) is 34.7 Å². The van der Waals surface area contributed by atoms with Gasteiger partial charge in [0.2, 0.25) is 0 Å². The van der Waals surface area contributed by atoms with Crippen molar-refractivity contribution < 1.29 is 28.9 Å². The minimum atomic E-state index is -1.20. The molecule has 0 spiro atoms. The van der Waals surface area contributed by atoms with Crippen molar-refractivity contribution in [3.05, 3.63) is 68.9 Å². The first-order valence-electron chi connectivity index (χ1n) is 15.3. The number of fused-ring (bicyclic) bond motifs is 2. The van der Waals surface area contributed by atoms with Gasteiger partial charge in [-0.1, -0.05) is 5.16 Å². The molecule has 2 amide bonds. The van der Waals surface area contributed by atoms with Crippen LogP contribution in [0.25, 0.3) is 5.65 Å². The van der Waals surface area contributed by atoms with E-state index < -0.39 is 29.2 Å². The fourth-order valence-corrected chi connectivity index (χ4v) is 8.78. The lowest BCUT2D eigenvalue weighted by Crippen LogP contribution is -2.71. The molecule has 7 rings (SSSR count). The lowest BCUT2D eigenvalue weighted by atomic mass is 10.0. The number of hydrogen-bond acceptors (Lipinski definition) is 12. The normalized spacial score (nSPS) is 20.0. The van der Waals surface area contributed by atoms with Gasteiger partial charge >= 0.3 is 11.6 Å². The van der Waals surface area contributed by atoms with Crippen LogP contribution in [0.5, 0.6) is 0 Å². The van der Waals surface area contributed by atoms with E-state index in [2.05, 4.69) is 41.6 Å². The molecule has 0 aromatic carbocycles. The number of nitrogens with zero attached hydrogens (tertiary/aromatic N) is 8. The number of imidazole rings is 1. The molecule has 3 aliphatic heterocycles. The summed E-state index contributed by atoms with van der Waals surface area (Å²) in [6.07, 6.45) is 11.4. The third kappa shape index (κ3) is 6.17. The molecule has 15 nitrogen and oxygen atoms in total. The number of thioether (sulfide) groups is 1. The summed E-state index contributed by atoms with van der Waals surface area (Å²) in [7, 11) is 1.29. The number of nitrogens with two attached hydrogens (primary N) is 1. The zero-order chi connectivity index (χ0) is 33.4. The van der Waals surface area contributed by atoms with Crippen LogP contribution in [0.3, 0.4) is 0 Å². The minimum absolute atomic E-state index is 0.0634. The molecule has 4 N–H and O–H groups in total. The van der Waals surface area contributed by atoms with Crippen molar-refractivity contribution in [3.63, 3.8) is 0 Å². The van der Waals surface area contributed by atoms with Gasteiger partial charge in [0.25, 0.3) is 11.8 Å². The molecule has 0 unspecified atom stereocenters. The quantitative estimate of drug-likeness (QED) is 0.0908. The van der Waals surface area contributed by atoms with Crippen molar-refractivity contribution in [3.8, 4) is 0 Å². The van der Waals surface area contributed by atoms with Gasteiger partial charge in [-0.2, -0.15) is 5.10 Å².